The minimum absolute atomic E-state index is 0.110. The summed E-state index contributed by atoms with van der Waals surface area (Å²) in [6.07, 6.45) is 4.40. The largest absolute Gasteiger partial charge is 0.378 e. The molecule has 1 aromatic carbocycles. The Kier molecular flexibility index (Phi) is 5.94. The first kappa shape index (κ1) is 18.9. The van der Waals surface area contributed by atoms with Crippen molar-refractivity contribution in [3.63, 3.8) is 0 Å². The summed E-state index contributed by atoms with van der Waals surface area (Å²) in [5.74, 6) is -0.222. The maximum atomic E-state index is 12.6. The Balaban J connectivity index is 1.63. The van der Waals surface area contributed by atoms with Gasteiger partial charge in [0.1, 0.15) is 0 Å². The fourth-order valence-electron chi connectivity index (χ4n) is 3.67. The highest BCUT2D eigenvalue weighted by molar-refractivity contribution is 6.04. The van der Waals surface area contributed by atoms with E-state index in [0.717, 1.165) is 19.4 Å². The third-order valence-corrected chi connectivity index (χ3v) is 5.29. The third-order valence-electron chi connectivity index (χ3n) is 5.29. The summed E-state index contributed by atoms with van der Waals surface area (Å²) in [7, 11) is 0. The molecule has 1 aliphatic carbocycles. The Morgan fingerprint density at radius 1 is 1.23 bits per heavy atom. The monoisotopic (exact) mass is 359 g/mol. The SMILES string of the molecule is CC1(C)COCCN1CC(=O)Nc1ccccc1C(=O)NC1CCCC1. The van der Waals surface area contributed by atoms with Crippen LogP contribution in [-0.4, -0.2) is 54.6 Å². The second-order valence-corrected chi connectivity index (χ2v) is 7.84. The van der Waals surface area contributed by atoms with E-state index >= 15 is 0 Å². The molecular formula is C20H29N3O3. The molecule has 0 aromatic heterocycles. The van der Waals surface area contributed by atoms with E-state index in [-0.39, 0.29) is 29.9 Å². The number of hydrogen-bond acceptors (Lipinski definition) is 4. The number of carbonyl (C=O) groups excluding carboxylic acids is 2. The summed E-state index contributed by atoms with van der Waals surface area (Å²) in [6, 6.07) is 7.45. The molecule has 0 radical (unpaired) electrons. The van der Waals surface area contributed by atoms with Gasteiger partial charge in [-0.15, -0.1) is 0 Å². The zero-order chi connectivity index (χ0) is 18.6. The highest BCUT2D eigenvalue weighted by atomic mass is 16.5. The first-order chi connectivity index (χ1) is 12.5. The van der Waals surface area contributed by atoms with E-state index in [1.807, 2.05) is 12.1 Å². The quantitative estimate of drug-likeness (QED) is 0.847. The second kappa shape index (κ2) is 8.18. The van der Waals surface area contributed by atoms with Crippen molar-refractivity contribution in [3.05, 3.63) is 29.8 Å². The van der Waals surface area contributed by atoms with Crippen LogP contribution in [0.2, 0.25) is 0 Å². The molecule has 2 amide bonds. The van der Waals surface area contributed by atoms with Crippen LogP contribution in [0, 0.1) is 0 Å². The van der Waals surface area contributed by atoms with Gasteiger partial charge < -0.3 is 15.4 Å². The molecule has 0 atom stereocenters. The van der Waals surface area contributed by atoms with Crippen LogP contribution in [0.4, 0.5) is 5.69 Å². The maximum Gasteiger partial charge on any atom is 0.253 e. The molecule has 6 heteroatoms. The van der Waals surface area contributed by atoms with Crippen molar-refractivity contribution in [1.82, 2.24) is 10.2 Å². The number of nitrogens with zero attached hydrogens (tertiary/aromatic N) is 1. The highest BCUT2D eigenvalue weighted by Crippen LogP contribution is 2.21. The molecule has 3 rings (SSSR count). The van der Waals surface area contributed by atoms with Crippen molar-refractivity contribution in [1.29, 1.82) is 0 Å². The van der Waals surface area contributed by atoms with Crippen molar-refractivity contribution >= 4 is 17.5 Å². The molecule has 142 valence electrons. The lowest BCUT2D eigenvalue weighted by Crippen LogP contribution is -2.55. The molecule has 2 aliphatic rings. The van der Waals surface area contributed by atoms with E-state index in [1.165, 1.54) is 12.8 Å². The molecular weight excluding hydrogens is 330 g/mol. The average molecular weight is 359 g/mol. The van der Waals surface area contributed by atoms with E-state index < -0.39 is 0 Å². The van der Waals surface area contributed by atoms with Gasteiger partial charge in [0, 0.05) is 18.1 Å². The number of nitrogens with one attached hydrogen (secondary N) is 2. The van der Waals surface area contributed by atoms with Crippen LogP contribution in [0.3, 0.4) is 0 Å². The van der Waals surface area contributed by atoms with Crippen LogP contribution in [0.5, 0.6) is 0 Å². The van der Waals surface area contributed by atoms with E-state index in [0.29, 0.717) is 24.5 Å². The van der Waals surface area contributed by atoms with E-state index in [4.69, 9.17) is 4.74 Å². The summed E-state index contributed by atoms with van der Waals surface area (Å²) in [5, 5.41) is 6.01. The lowest BCUT2D eigenvalue weighted by atomic mass is 10.0. The Morgan fingerprint density at radius 2 is 1.96 bits per heavy atom. The molecule has 0 bridgehead atoms. The number of benzene rings is 1. The smallest absolute Gasteiger partial charge is 0.253 e. The van der Waals surface area contributed by atoms with Gasteiger partial charge in [0.05, 0.1) is 31.0 Å². The van der Waals surface area contributed by atoms with Gasteiger partial charge in [-0.2, -0.15) is 0 Å². The summed E-state index contributed by atoms with van der Waals surface area (Å²) < 4.78 is 5.50. The van der Waals surface area contributed by atoms with Crippen LogP contribution in [-0.2, 0) is 9.53 Å². The van der Waals surface area contributed by atoms with Crippen molar-refractivity contribution < 1.29 is 14.3 Å². The van der Waals surface area contributed by atoms with Gasteiger partial charge in [0.2, 0.25) is 5.91 Å². The Morgan fingerprint density at radius 3 is 2.69 bits per heavy atom. The van der Waals surface area contributed by atoms with Crippen LogP contribution in [0.15, 0.2) is 24.3 Å². The number of amides is 2. The number of carbonyl (C=O) groups is 2. The third kappa shape index (κ3) is 4.62. The zero-order valence-corrected chi connectivity index (χ0v) is 15.7. The number of ether oxygens (including phenoxy) is 1. The fraction of sp³-hybridized carbons (Fsp3) is 0.600. The average Bonchev–Trinajstić information content (AvgIpc) is 3.10. The summed E-state index contributed by atoms with van der Waals surface area (Å²) in [5.41, 5.74) is 0.919. The molecule has 1 heterocycles. The standard InChI is InChI=1S/C20H29N3O3/c1-20(2)14-26-12-11-23(20)13-18(24)22-17-10-6-5-9-16(17)19(25)21-15-7-3-4-8-15/h5-6,9-10,15H,3-4,7-8,11-14H2,1-2H3,(H,21,25)(H,22,24). The number of para-hydroxylation sites is 1. The molecule has 0 unspecified atom stereocenters. The van der Waals surface area contributed by atoms with E-state index in [2.05, 4.69) is 29.4 Å². The van der Waals surface area contributed by atoms with Gasteiger partial charge in [0.15, 0.2) is 0 Å². The summed E-state index contributed by atoms with van der Waals surface area (Å²) in [6.45, 7) is 6.40. The number of morpholine rings is 1. The highest BCUT2D eigenvalue weighted by Gasteiger charge is 2.32. The molecule has 1 aromatic rings. The zero-order valence-electron chi connectivity index (χ0n) is 15.7. The Hall–Kier alpha value is -1.92. The Labute approximate surface area is 155 Å². The lowest BCUT2D eigenvalue weighted by molar-refractivity contribution is -0.122. The van der Waals surface area contributed by atoms with Crippen LogP contribution in [0.1, 0.15) is 49.9 Å². The molecule has 1 aliphatic heterocycles. The number of rotatable bonds is 5. The van der Waals surface area contributed by atoms with Crippen molar-refractivity contribution in [3.8, 4) is 0 Å². The minimum Gasteiger partial charge on any atom is -0.378 e. The van der Waals surface area contributed by atoms with Gasteiger partial charge in [-0.3, -0.25) is 14.5 Å². The minimum atomic E-state index is -0.172. The van der Waals surface area contributed by atoms with E-state index in [9.17, 15) is 9.59 Å². The van der Waals surface area contributed by atoms with Crippen molar-refractivity contribution in [2.75, 3.05) is 31.6 Å². The number of anilines is 1. The summed E-state index contributed by atoms with van der Waals surface area (Å²) >= 11 is 0. The molecule has 26 heavy (non-hydrogen) atoms. The van der Waals surface area contributed by atoms with Crippen LogP contribution < -0.4 is 10.6 Å². The summed E-state index contributed by atoms with van der Waals surface area (Å²) in [4.78, 5) is 27.3. The fourth-order valence-corrected chi connectivity index (χ4v) is 3.67. The number of hydrogen-bond donors (Lipinski definition) is 2. The predicted octanol–water partition coefficient (Wildman–Crippen LogP) is 2.41. The first-order valence-electron chi connectivity index (χ1n) is 9.48. The molecule has 2 N–H and O–H groups in total. The van der Waals surface area contributed by atoms with Gasteiger partial charge in [-0.25, -0.2) is 0 Å². The predicted molar refractivity (Wildman–Crippen MR) is 101 cm³/mol. The lowest BCUT2D eigenvalue weighted by Gasteiger charge is -2.41. The topological polar surface area (TPSA) is 70.7 Å². The van der Waals surface area contributed by atoms with Gasteiger partial charge in [-0.05, 0) is 38.8 Å². The van der Waals surface area contributed by atoms with Gasteiger partial charge in [0.25, 0.3) is 5.91 Å². The van der Waals surface area contributed by atoms with Crippen molar-refractivity contribution in [2.45, 2.75) is 51.1 Å². The normalized spacial score (nSPS) is 20.7. The second-order valence-electron chi connectivity index (χ2n) is 7.84. The molecule has 2 fully saturated rings. The van der Waals surface area contributed by atoms with Crippen molar-refractivity contribution in [2.24, 2.45) is 0 Å². The Bertz CT molecular complexity index is 653. The molecule has 1 saturated heterocycles. The van der Waals surface area contributed by atoms with Gasteiger partial charge >= 0.3 is 0 Å². The van der Waals surface area contributed by atoms with E-state index in [1.54, 1.807) is 12.1 Å². The van der Waals surface area contributed by atoms with Crippen LogP contribution in [0.25, 0.3) is 0 Å². The first-order valence-corrected chi connectivity index (χ1v) is 9.48. The molecule has 0 spiro atoms. The molecule has 1 saturated carbocycles. The maximum absolute atomic E-state index is 12.6. The molecule has 6 nitrogen and oxygen atoms in total. The van der Waals surface area contributed by atoms with Gasteiger partial charge in [-0.1, -0.05) is 25.0 Å². The van der Waals surface area contributed by atoms with Crippen LogP contribution >= 0.6 is 0 Å².